The van der Waals surface area contributed by atoms with Gasteiger partial charge in [-0.25, -0.2) is 0 Å². The molecule has 0 spiro atoms. The SMILES string of the molecule is CC(C(=O)NC(C)(C)C)S(=O)c1ccc(N)cc1. The molecule has 0 bridgehead atoms. The Labute approximate surface area is 110 Å². The molecule has 0 aliphatic heterocycles. The van der Waals surface area contributed by atoms with Crippen LogP contribution in [-0.2, 0) is 15.6 Å². The Kier molecular flexibility index (Phi) is 4.51. The number of carbonyl (C=O) groups excluding carboxylic acids is 1. The maximum Gasteiger partial charge on any atom is 0.236 e. The number of anilines is 1. The second-order valence-electron chi connectivity index (χ2n) is 5.25. The molecule has 2 atom stereocenters. The Morgan fingerprint density at radius 1 is 1.28 bits per heavy atom. The molecule has 1 amide bonds. The highest BCUT2D eigenvalue weighted by molar-refractivity contribution is 7.86. The first-order chi connectivity index (χ1) is 8.20. The molecule has 0 aromatic heterocycles. The fraction of sp³-hybridized carbons (Fsp3) is 0.462. The van der Waals surface area contributed by atoms with Crippen LogP contribution in [0.1, 0.15) is 27.7 Å². The largest absolute Gasteiger partial charge is 0.399 e. The van der Waals surface area contributed by atoms with Crippen LogP contribution in [0.25, 0.3) is 0 Å². The molecule has 2 unspecified atom stereocenters. The minimum absolute atomic E-state index is 0.211. The highest BCUT2D eigenvalue weighted by Crippen LogP contribution is 2.14. The Hall–Kier alpha value is -1.36. The molecule has 0 fully saturated rings. The van der Waals surface area contributed by atoms with E-state index in [4.69, 9.17) is 5.73 Å². The van der Waals surface area contributed by atoms with Crippen molar-refractivity contribution in [2.24, 2.45) is 0 Å². The summed E-state index contributed by atoms with van der Waals surface area (Å²) in [6, 6.07) is 6.74. The van der Waals surface area contributed by atoms with Crippen LogP contribution in [-0.4, -0.2) is 20.9 Å². The Bertz CT molecular complexity index is 449. The van der Waals surface area contributed by atoms with Crippen LogP contribution in [0.2, 0.25) is 0 Å². The summed E-state index contributed by atoms with van der Waals surface area (Å²) < 4.78 is 12.2. The molecule has 5 heteroatoms. The Morgan fingerprint density at radius 2 is 1.78 bits per heavy atom. The van der Waals surface area contributed by atoms with Gasteiger partial charge in [-0.05, 0) is 52.0 Å². The summed E-state index contributed by atoms with van der Waals surface area (Å²) >= 11 is 0. The summed E-state index contributed by atoms with van der Waals surface area (Å²) in [6.45, 7) is 7.34. The molecule has 0 aliphatic rings. The summed E-state index contributed by atoms with van der Waals surface area (Å²) in [5, 5.41) is 2.23. The number of benzene rings is 1. The van der Waals surface area contributed by atoms with Gasteiger partial charge in [0.05, 0.1) is 10.8 Å². The van der Waals surface area contributed by atoms with Crippen LogP contribution >= 0.6 is 0 Å². The van der Waals surface area contributed by atoms with E-state index in [0.717, 1.165) is 0 Å². The smallest absolute Gasteiger partial charge is 0.236 e. The minimum atomic E-state index is -1.37. The van der Waals surface area contributed by atoms with Crippen molar-refractivity contribution in [1.82, 2.24) is 5.32 Å². The van der Waals surface area contributed by atoms with Crippen LogP contribution in [0.3, 0.4) is 0 Å². The van der Waals surface area contributed by atoms with Crippen molar-refractivity contribution >= 4 is 22.4 Å². The number of nitrogens with one attached hydrogen (secondary N) is 1. The maximum absolute atomic E-state index is 12.2. The Balaban J connectivity index is 2.78. The maximum atomic E-state index is 12.2. The summed E-state index contributed by atoms with van der Waals surface area (Å²) in [4.78, 5) is 12.5. The predicted molar refractivity (Wildman–Crippen MR) is 74.6 cm³/mol. The standard InChI is InChI=1S/C13H20N2O2S/c1-9(12(16)15-13(2,3)4)18(17)11-7-5-10(14)6-8-11/h5-9H,14H2,1-4H3,(H,15,16). The van der Waals surface area contributed by atoms with Crippen molar-refractivity contribution < 1.29 is 9.00 Å². The topological polar surface area (TPSA) is 72.2 Å². The number of nitrogen functional groups attached to an aromatic ring is 1. The number of nitrogens with two attached hydrogens (primary N) is 1. The third-order valence-corrected chi connectivity index (χ3v) is 3.89. The third kappa shape index (κ3) is 4.14. The molecule has 4 nitrogen and oxygen atoms in total. The van der Waals surface area contributed by atoms with E-state index in [-0.39, 0.29) is 11.4 Å². The van der Waals surface area contributed by atoms with Crippen LogP contribution in [0.5, 0.6) is 0 Å². The van der Waals surface area contributed by atoms with Crippen molar-refractivity contribution in [2.45, 2.75) is 43.4 Å². The van der Waals surface area contributed by atoms with E-state index in [1.807, 2.05) is 20.8 Å². The highest BCUT2D eigenvalue weighted by atomic mass is 32.2. The molecular formula is C13H20N2O2S. The first-order valence-corrected chi connectivity index (χ1v) is 7.00. The fourth-order valence-electron chi connectivity index (χ4n) is 1.37. The zero-order valence-corrected chi connectivity index (χ0v) is 12.0. The molecule has 1 rings (SSSR count). The van der Waals surface area contributed by atoms with E-state index in [9.17, 15) is 9.00 Å². The lowest BCUT2D eigenvalue weighted by Gasteiger charge is -2.23. The van der Waals surface area contributed by atoms with E-state index in [2.05, 4.69) is 5.32 Å². The molecule has 3 N–H and O–H groups in total. The lowest BCUT2D eigenvalue weighted by atomic mass is 10.1. The van der Waals surface area contributed by atoms with Gasteiger partial charge in [0.1, 0.15) is 5.25 Å². The highest BCUT2D eigenvalue weighted by Gasteiger charge is 2.24. The lowest BCUT2D eigenvalue weighted by molar-refractivity contribution is -0.121. The third-order valence-electron chi connectivity index (χ3n) is 2.30. The number of carbonyl (C=O) groups is 1. The fourth-order valence-corrected chi connectivity index (χ4v) is 2.44. The summed E-state index contributed by atoms with van der Waals surface area (Å²) in [5.41, 5.74) is 5.86. The van der Waals surface area contributed by atoms with E-state index in [1.54, 1.807) is 31.2 Å². The van der Waals surface area contributed by atoms with Gasteiger partial charge in [-0.3, -0.25) is 9.00 Å². The molecule has 0 aliphatic carbocycles. The number of rotatable bonds is 3. The van der Waals surface area contributed by atoms with E-state index in [0.29, 0.717) is 10.6 Å². The van der Waals surface area contributed by atoms with Crippen molar-refractivity contribution in [3.63, 3.8) is 0 Å². The molecule has 1 aromatic rings. The van der Waals surface area contributed by atoms with E-state index >= 15 is 0 Å². The van der Waals surface area contributed by atoms with Gasteiger partial charge in [-0.2, -0.15) is 0 Å². The molecule has 100 valence electrons. The molecular weight excluding hydrogens is 248 g/mol. The molecule has 0 saturated carbocycles. The predicted octanol–water partition coefficient (Wildman–Crippen LogP) is 1.68. The van der Waals surface area contributed by atoms with Crippen LogP contribution in [0.15, 0.2) is 29.2 Å². The van der Waals surface area contributed by atoms with Gasteiger partial charge in [0.15, 0.2) is 0 Å². The minimum Gasteiger partial charge on any atom is -0.399 e. The monoisotopic (exact) mass is 268 g/mol. The molecule has 0 saturated heterocycles. The number of hydrogen-bond donors (Lipinski definition) is 2. The summed E-state index contributed by atoms with van der Waals surface area (Å²) in [5.74, 6) is -0.211. The molecule has 1 aromatic carbocycles. The number of hydrogen-bond acceptors (Lipinski definition) is 3. The summed E-state index contributed by atoms with van der Waals surface area (Å²) in [6.07, 6.45) is 0. The zero-order chi connectivity index (χ0) is 13.9. The van der Waals surface area contributed by atoms with Crippen molar-refractivity contribution in [3.8, 4) is 0 Å². The zero-order valence-electron chi connectivity index (χ0n) is 11.2. The average molecular weight is 268 g/mol. The Morgan fingerprint density at radius 3 is 2.22 bits per heavy atom. The molecule has 0 heterocycles. The van der Waals surface area contributed by atoms with Gasteiger partial charge in [-0.15, -0.1) is 0 Å². The lowest BCUT2D eigenvalue weighted by Crippen LogP contribution is -2.46. The number of amides is 1. The van der Waals surface area contributed by atoms with Crippen molar-refractivity contribution in [1.29, 1.82) is 0 Å². The summed E-state index contributed by atoms with van der Waals surface area (Å²) in [7, 11) is -1.37. The van der Waals surface area contributed by atoms with Gasteiger partial charge in [0.2, 0.25) is 5.91 Å². The average Bonchev–Trinajstić information content (AvgIpc) is 2.26. The van der Waals surface area contributed by atoms with Crippen LogP contribution in [0.4, 0.5) is 5.69 Å². The molecule has 18 heavy (non-hydrogen) atoms. The van der Waals surface area contributed by atoms with Crippen molar-refractivity contribution in [2.75, 3.05) is 5.73 Å². The van der Waals surface area contributed by atoms with Gasteiger partial charge < -0.3 is 11.1 Å². The quantitative estimate of drug-likeness (QED) is 0.819. The van der Waals surface area contributed by atoms with E-state index in [1.165, 1.54) is 0 Å². The van der Waals surface area contributed by atoms with E-state index < -0.39 is 16.0 Å². The first-order valence-electron chi connectivity index (χ1n) is 5.79. The second kappa shape index (κ2) is 5.52. The molecule has 0 radical (unpaired) electrons. The van der Waals surface area contributed by atoms with Crippen LogP contribution < -0.4 is 11.1 Å². The van der Waals surface area contributed by atoms with Gasteiger partial charge in [0.25, 0.3) is 0 Å². The van der Waals surface area contributed by atoms with Crippen molar-refractivity contribution in [3.05, 3.63) is 24.3 Å². The van der Waals surface area contributed by atoms with Gasteiger partial charge >= 0.3 is 0 Å². The normalized spacial score (nSPS) is 14.9. The first kappa shape index (κ1) is 14.7. The van der Waals surface area contributed by atoms with Crippen LogP contribution in [0, 0.1) is 0 Å². The second-order valence-corrected chi connectivity index (χ2v) is 7.02. The van der Waals surface area contributed by atoms with Gasteiger partial charge in [0, 0.05) is 16.1 Å². The van der Waals surface area contributed by atoms with Gasteiger partial charge in [-0.1, -0.05) is 0 Å².